The van der Waals surface area contributed by atoms with E-state index in [-0.39, 0.29) is 10.8 Å². The summed E-state index contributed by atoms with van der Waals surface area (Å²) in [6.07, 6.45) is 5.04. The molecule has 1 aromatic carbocycles. The average Bonchev–Trinajstić information content (AvgIpc) is 2.27. The molecule has 0 spiro atoms. The monoisotopic (exact) mass is 262 g/mol. The highest BCUT2D eigenvalue weighted by Crippen LogP contribution is 2.36. The lowest BCUT2D eigenvalue weighted by atomic mass is 9.77. The first-order valence-electron chi connectivity index (χ1n) is 7.52. The molecule has 0 fully saturated rings. The number of phenols is 1. The minimum atomic E-state index is -0.0143. The van der Waals surface area contributed by atoms with Crippen molar-refractivity contribution in [3.05, 3.63) is 29.3 Å². The number of rotatable bonds is 5. The summed E-state index contributed by atoms with van der Waals surface area (Å²) in [5, 5.41) is 10.1. The van der Waals surface area contributed by atoms with Gasteiger partial charge in [-0.15, -0.1) is 0 Å². The molecular weight excluding hydrogens is 232 g/mol. The van der Waals surface area contributed by atoms with E-state index in [1.165, 1.54) is 31.2 Å². The molecule has 1 rings (SSSR count). The van der Waals surface area contributed by atoms with Gasteiger partial charge < -0.3 is 5.11 Å². The maximum atomic E-state index is 10.1. The van der Waals surface area contributed by atoms with E-state index in [9.17, 15) is 5.11 Å². The second-order valence-corrected chi connectivity index (χ2v) is 7.32. The van der Waals surface area contributed by atoms with Crippen LogP contribution in [-0.2, 0) is 10.8 Å². The molecule has 0 unspecified atom stereocenters. The average molecular weight is 262 g/mol. The summed E-state index contributed by atoms with van der Waals surface area (Å²) in [5.74, 6) is 0.417. The van der Waals surface area contributed by atoms with Crippen LogP contribution in [0.4, 0.5) is 0 Å². The molecule has 1 nitrogen and oxygen atoms in total. The fourth-order valence-corrected chi connectivity index (χ4v) is 2.52. The van der Waals surface area contributed by atoms with E-state index in [4.69, 9.17) is 0 Å². The molecule has 1 N–H and O–H groups in total. The lowest BCUT2D eigenvalue weighted by Crippen LogP contribution is -2.19. The van der Waals surface area contributed by atoms with Crippen LogP contribution in [0.5, 0.6) is 5.75 Å². The molecule has 0 atom stereocenters. The molecule has 0 aliphatic carbocycles. The van der Waals surface area contributed by atoms with Crippen LogP contribution < -0.4 is 0 Å². The number of unbranched alkanes of at least 4 members (excludes halogenated alkanes) is 2. The van der Waals surface area contributed by atoms with Crippen LogP contribution >= 0.6 is 0 Å². The minimum Gasteiger partial charge on any atom is -0.508 e. The third kappa shape index (κ3) is 4.26. The highest BCUT2D eigenvalue weighted by molar-refractivity contribution is 5.42. The molecular formula is C18H30O. The van der Waals surface area contributed by atoms with Gasteiger partial charge in [0, 0.05) is 0 Å². The molecule has 0 radical (unpaired) electrons. The van der Waals surface area contributed by atoms with Crippen molar-refractivity contribution in [2.45, 2.75) is 78.1 Å². The first-order chi connectivity index (χ1) is 8.68. The van der Waals surface area contributed by atoms with Gasteiger partial charge in [-0.3, -0.25) is 0 Å². The lowest BCUT2D eigenvalue weighted by molar-refractivity contribution is 0.433. The second kappa shape index (κ2) is 5.98. The van der Waals surface area contributed by atoms with Gasteiger partial charge >= 0.3 is 0 Å². The Morgan fingerprint density at radius 2 is 1.63 bits per heavy atom. The van der Waals surface area contributed by atoms with E-state index in [0.717, 1.165) is 5.56 Å². The predicted molar refractivity (Wildman–Crippen MR) is 84.0 cm³/mol. The smallest absolute Gasteiger partial charge is 0.119 e. The molecule has 1 aromatic rings. The van der Waals surface area contributed by atoms with Crippen LogP contribution in [0.1, 0.15) is 78.4 Å². The Hall–Kier alpha value is -0.980. The van der Waals surface area contributed by atoms with Gasteiger partial charge in [-0.05, 0) is 34.4 Å². The summed E-state index contributed by atoms with van der Waals surface area (Å²) >= 11 is 0. The summed E-state index contributed by atoms with van der Waals surface area (Å²) < 4.78 is 0. The van der Waals surface area contributed by atoms with Crippen LogP contribution in [0, 0.1) is 0 Å². The van der Waals surface area contributed by atoms with E-state index < -0.39 is 0 Å². The third-order valence-corrected chi connectivity index (χ3v) is 3.99. The molecule has 0 bridgehead atoms. The second-order valence-electron chi connectivity index (χ2n) is 7.32. The summed E-state index contributed by atoms with van der Waals surface area (Å²) in [5.41, 5.74) is 2.56. The van der Waals surface area contributed by atoms with Crippen molar-refractivity contribution in [2.24, 2.45) is 0 Å². The predicted octanol–water partition coefficient (Wildman–Crippen LogP) is 5.55. The minimum absolute atomic E-state index is 0.0143. The first kappa shape index (κ1) is 16.1. The van der Waals surface area contributed by atoms with Gasteiger partial charge in [0.2, 0.25) is 0 Å². The first-order valence-corrected chi connectivity index (χ1v) is 7.52. The summed E-state index contributed by atoms with van der Waals surface area (Å²) in [6.45, 7) is 13.3. The zero-order valence-corrected chi connectivity index (χ0v) is 13.5. The summed E-state index contributed by atoms with van der Waals surface area (Å²) in [6, 6.07) is 6.13. The molecule has 0 saturated heterocycles. The number of aromatic hydroxyl groups is 1. The Morgan fingerprint density at radius 3 is 2.16 bits per heavy atom. The quantitative estimate of drug-likeness (QED) is 0.690. The van der Waals surface area contributed by atoms with Gasteiger partial charge in [-0.1, -0.05) is 72.9 Å². The fraction of sp³-hybridized carbons (Fsp3) is 0.667. The van der Waals surface area contributed by atoms with Gasteiger partial charge in [0.05, 0.1) is 0 Å². The maximum Gasteiger partial charge on any atom is 0.119 e. The Balaban J connectivity index is 3.01. The largest absolute Gasteiger partial charge is 0.508 e. The molecule has 0 aliphatic rings. The maximum absolute atomic E-state index is 10.1. The highest BCUT2D eigenvalue weighted by atomic mass is 16.3. The Bertz CT molecular complexity index is 410. The van der Waals surface area contributed by atoms with Crippen LogP contribution in [0.2, 0.25) is 0 Å². The van der Waals surface area contributed by atoms with Gasteiger partial charge in [0.25, 0.3) is 0 Å². The lowest BCUT2D eigenvalue weighted by Gasteiger charge is -2.28. The van der Waals surface area contributed by atoms with Crippen LogP contribution in [-0.4, -0.2) is 5.11 Å². The Morgan fingerprint density at radius 1 is 1.00 bits per heavy atom. The van der Waals surface area contributed by atoms with Crippen molar-refractivity contribution >= 4 is 0 Å². The van der Waals surface area contributed by atoms with Gasteiger partial charge in [-0.2, -0.15) is 0 Å². The molecule has 19 heavy (non-hydrogen) atoms. The molecule has 1 heteroatoms. The molecule has 0 amide bonds. The van der Waals surface area contributed by atoms with Crippen molar-refractivity contribution in [2.75, 3.05) is 0 Å². The third-order valence-electron chi connectivity index (χ3n) is 3.99. The zero-order valence-electron chi connectivity index (χ0n) is 13.5. The molecule has 0 aromatic heterocycles. The van der Waals surface area contributed by atoms with Gasteiger partial charge in [0.15, 0.2) is 0 Å². The fourth-order valence-electron chi connectivity index (χ4n) is 2.52. The van der Waals surface area contributed by atoms with Crippen molar-refractivity contribution in [1.82, 2.24) is 0 Å². The number of hydrogen-bond acceptors (Lipinski definition) is 1. The number of hydrogen-bond donors (Lipinski definition) is 1. The van der Waals surface area contributed by atoms with Crippen molar-refractivity contribution < 1.29 is 5.11 Å². The highest BCUT2D eigenvalue weighted by Gasteiger charge is 2.24. The van der Waals surface area contributed by atoms with Gasteiger partial charge in [-0.25, -0.2) is 0 Å². The van der Waals surface area contributed by atoms with E-state index in [1.807, 2.05) is 6.07 Å². The molecule has 0 saturated carbocycles. The van der Waals surface area contributed by atoms with Crippen molar-refractivity contribution in [3.8, 4) is 5.75 Å². The van der Waals surface area contributed by atoms with Crippen molar-refractivity contribution in [3.63, 3.8) is 0 Å². The van der Waals surface area contributed by atoms with Crippen LogP contribution in [0.3, 0.4) is 0 Å². The summed E-state index contributed by atoms with van der Waals surface area (Å²) in [7, 11) is 0. The number of phenolic OH excluding ortho intramolecular Hbond substituents is 1. The van der Waals surface area contributed by atoms with E-state index in [0.29, 0.717) is 5.75 Å². The normalized spacial score (nSPS) is 12.7. The number of benzene rings is 1. The van der Waals surface area contributed by atoms with E-state index >= 15 is 0 Å². The molecule has 0 heterocycles. The molecule has 0 aliphatic heterocycles. The van der Waals surface area contributed by atoms with E-state index in [1.54, 1.807) is 0 Å². The SMILES string of the molecule is CCCCCC(C)(C)c1ccc(O)c(C(C)(C)C)c1. The Labute approximate surface area is 119 Å². The van der Waals surface area contributed by atoms with Crippen molar-refractivity contribution in [1.29, 1.82) is 0 Å². The topological polar surface area (TPSA) is 20.2 Å². The summed E-state index contributed by atoms with van der Waals surface area (Å²) in [4.78, 5) is 0. The van der Waals surface area contributed by atoms with E-state index in [2.05, 4.69) is 53.7 Å². The van der Waals surface area contributed by atoms with Gasteiger partial charge in [0.1, 0.15) is 5.75 Å². The van der Waals surface area contributed by atoms with Crippen LogP contribution in [0.15, 0.2) is 18.2 Å². The zero-order chi connectivity index (χ0) is 14.7. The molecule has 108 valence electrons. The standard InChI is InChI=1S/C18H30O/c1-7-8-9-12-18(5,6)14-10-11-16(19)15(13-14)17(2,3)4/h10-11,13,19H,7-9,12H2,1-6H3. The Kier molecular flexibility index (Phi) is 5.06. The van der Waals surface area contributed by atoms with Crippen LogP contribution in [0.25, 0.3) is 0 Å².